The fraction of sp³-hybridized carbons (Fsp3) is 0.478. The summed E-state index contributed by atoms with van der Waals surface area (Å²) in [6.07, 6.45) is 1.04. The Balaban J connectivity index is 1.84. The number of ether oxygens (including phenoxy) is 2. The summed E-state index contributed by atoms with van der Waals surface area (Å²) in [6, 6.07) is 8.92. The molecular formula is C23H27N5O3. The molecule has 1 amide bonds. The monoisotopic (exact) mass is 421 g/mol. The van der Waals surface area contributed by atoms with E-state index >= 15 is 0 Å². The van der Waals surface area contributed by atoms with Gasteiger partial charge in [-0.3, -0.25) is 4.68 Å². The van der Waals surface area contributed by atoms with Gasteiger partial charge < -0.3 is 14.4 Å². The van der Waals surface area contributed by atoms with E-state index in [1.807, 2.05) is 39.3 Å². The minimum atomic E-state index is -0.529. The first-order chi connectivity index (χ1) is 14.7. The molecule has 0 aliphatic carbocycles. The van der Waals surface area contributed by atoms with Gasteiger partial charge in [-0.1, -0.05) is 13.8 Å². The summed E-state index contributed by atoms with van der Waals surface area (Å²) in [5.41, 5.74) is 1.92. The van der Waals surface area contributed by atoms with Crippen molar-refractivity contribution >= 4 is 6.09 Å². The van der Waals surface area contributed by atoms with Crippen LogP contribution in [0.25, 0.3) is 0 Å². The van der Waals surface area contributed by atoms with Crippen LogP contribution < -0.4 is 4.74 Å². The molecule has 1 aromatic carbocycles. The van der Waals surface area contributed by atoms with Crippen LogP contribution in [0.5, 0.6) is 11.5 Å². The maximum absolute atomic E-state index is 12.3. The lowest BCUT2D eigenvalue weighted by atomic mass is 10.1. The molecular weight excluding hydrogens is 394 g/mol. The fourth-order valence-corrected chi connectivity index (χ4v) is 3.47. The van der Waals surface area contributed by atoms with Crippen LogP contribution in [-0.4, -0.2) is 39.5 Å². The molecule has 2 heterocycles. The summed E-state index contributed by atoms with van der Waals surface area (Å²) in [5.74, 6) is 1.09. The highest BCUT2D eigenvalue weighted by atomic mass is 16.6. The Hall–Kier alpha value is -3.52. The number of rotatable bonds is 5. The standard InChI is InChI=1S/C23H27N5O3/c1-6-19-21(30-18-9-15(11-24)8-16(10-18)12-25)20(7-2)28(26-19)17-13-27(14-17)22(29)31-23(3,4)5/h8-10,17H,6-7,13-14H2,1-5H3. The first-order valence-electron chi connectivity index (χ1n) is 10.4. The quantitative estimate of drug-likeness (QED) is 0.711. The summed E-state index contributed by atoms with van der Waals surface area (Å²) >= 11 is 0. The highest BCUT2D eigenvalue weighted by Crippen LogP contribution is 2.35. The van der Waals surface area contributed by atoms with Gasteiger partial charge in [-0.2, -0.15) is 15.6 Å². The molecule has 1 aromatic heterocycles. The zero-order chi connectivity index (χ0) is 22.8. The molecule has 0 atom stereocenters. The summed E-state index contributed by atoms with van der Waals surface area (Å²) in [6.45, 7) is 10.6. The van der Waals surface area contributed by atoms with Gasteiger partial charge in [0.15, 0.2) is 5.75 Å². The van der Waals surface area contributed by atoms with Crippen LogP contribution in [0.3, 0.4) is 0 Å². The number of aromatic nitrogens is 2. The van der Waals surface area contributed by atoms with Crippen molar-refractivity contribution in [2.45, 2.75) is 59.1 Å². The topological polar surface area (TPSA) is 104 Å². The van der Waals surface area contributed by atoms with Gasteiger partial charge in [-0.25, -0.2) is 4.79 Å². The van der Waals surface area contributed by atoms with Crippen LogP contribution in [0.4, 0.5) is 4.79 Å². The highest BCUT2D eigenvalue weighted by molar-refractivity contribution is 5.69. The van der Waals surface area contributed by atoms with Crippen molar-refractivity contribution in [1.82, 2.24) is 14.7 Å². The lowest BCUT2D eigenvalue weighted by Crippen LogP contribution is -2.52. The van der Waals surface area contributed by atoms with Crippen molar-refractivity contribution in [2.24, 2.45) is 0 Å². The van der Waals surface area contributed by atoms with E-state index in [9.17, 15) is 15.3 Å². The van der Waals surface area contributed by atoms with Crippen LogP contribution >= 0.6 is 0 Å². The lowest BCUT2D eigenvalue weighted by Gasteiger charge is -2.40. The third-order valence-corrected chi connectivity index (χ3v) is 4.94. The van der Waals surface area contributed by atoms with Crippen LogP contribution in [-0.2, 0) is 17.6 Å². The Morgan fingerprint density at radius 2 is 1.74 bits per heavy atom. The molecule has 0 bridgehead atoms. The Morgan fingerprint density at radius 1 is 1.13 bits per heavy atom. The lowest BCUT2D eigenvalue weighted by molar-refractivity contribution is -0.000786. The zero-order valence-corrected chi connectivity index (χ0v) is 18.6. The number of benzene rings is 1. The van der Waals surface area contributed by atoms with Crippen molar-refractivity contribution in [3.63, 3.8) is 0 Å². The fourth-order valence-electron chi connectivity index (χ4n) is 3.47. The largest absolute Gasteiger partial charge is 0.453 e. The molecule has 1 aliphatic rings. The van der Waals surface area contributed by atoms with Gasteiger partial charge in [0, 0.05) is 13.1 Å². The second kappa shape index (κ2) is 8.69. The van der Waals surface area contributed by atoms with E-state index in [0.717, 1.165) is 11.4 Å². The second-order valence-electron chi connectivity index (χ2n) is 8.49. The van der Waals surface area contributed by atoms with Gasteiger partial charge in [0.25, 0.3) is 0 Å². The molecule has 31 heavy (non-hydrogen) atoms. The number of aryl methyl sites for hydroxylation is 1. The average molecular weight is 422 g/mol. The molecule has 8 heteroatoms. The third-order valence-electron chi connectivity index (χ3n) is 4.94. The van der Waals surface area contributed by atoms with Gasteiger partial charge in [0.1, 0.15) is 17.0 Å². The molecule has 1 saturated heterocycles. The smallest absolute Gasteiger partial charge is 0.410 e. The maximum atomic E-state index is 12.3. The van der Waals surface area contributed by atoms with Gasteiger partial charge in [-0.05, 0) is 51.8 Å². The number of carbonyl (C=O) groups excluding carboxylic acids is 1. The Bertz CT molecular complexity index is 1030. The molecule has 0 N–H and O–H groups in total. The third kappa shape index (κ3) is 4.80. The molecule has 0 spiro atoms. The molecule has 0 unspecified atom stereocenters. The second-order valence-corrected chi connectivity index (χ2v) is 8.49. The Morgan fingerprint density at radius 3 is 2.23 bits per heavy atom. The predicted octanol–water partition coefficient (Wildman–Crippen LogP) is 4.34. The molecule has 0 radical (unpaired) electrons. The number of hydrogen-bond acceptors (Lipinski definition) is 6. The summed E-state index contributed by atoms with van der Waals surface area (Å²) < 4.78 is 13.5. The van der Waals surface area contributed by atoms with E-state index in [0.29, 0.717) is 48.6 Å². The van der Waals surface area contributed by atoms with Crippen LogP contribution in [0.2, 0.25) is 0 Å². The first kappa shape index (κ1) is 22.2. The van der Waals surface area contributed by atoms with Crippen molar-refractivity contribution in [2.75, 3.05) is 13.1 Å². The van der Waals surface area contributed by atoms with Crippen LogP contribution in [0.1, 0.15) is 63.2 Å². The van der Waals surface area contributed by atoms with Crippen molar-refractivity contribution in [3.8, 4) is 23.6 Å². The van der Waals surface area contributed by atoms with Crippen molar-refractivity contribution < 1.29 is 14.3 Å². The van der Waals surface area contributed by atoms with E-state index < -0.39 is 5.60 Å². The zero-order valence-electron chi connectivity index (χ0n) is 18.6. The van der Waals surface area contributed by atoms with E-state index in [-0.39, 0.29) is 12.1 Å². The summed E-state index contributed by atoms with van der Waals surface area (Å²) in [4.78, 5) is 13.9. The first-order valence-corrected chi connectivity index (χ1v) is 10.4. The van der Waals surface area contributed by atoms with E-state index in [4.69, 9.17) is 14.6 Å². The minimum absolute atomic E-state index is 0.0465. The molecule has 1 aliphatic heterocycles. The van der Waals surface area contributed by atoms with Crippen molar-refractivity contribution in [3.05, 3.63) is 40.7 Å². The minimum Gasteiger partial charge on any atom is -0.453 e. The van der Waals surface area contributed by atoms with Gasteiger partial charge in [-0.15, -0.1) is 0 Å². The van der Waals surface area contributed by atoms with Crippen molar-refractivity contribution in [1.29, 1.82) is 10.5 Å². The summed E-state index contributed by atoms with van der Waals surface area (Å²) in [5, 5.41) is 23.2. The van der Waals surface area contributed by atoms with E-state index in [1.165, 1.54) is 6.07 Å². The van der Waals surface area contributed by atoms with Crippen LogP contribution in [0, 0.1) is 22.7 Å². The highest BCUT2D eigenvalue weighted by Gasteiger charge is 2.37. The Kier molecular flexibility index (Phi) is 6.21. The number of amides is 1. The molecule has 162 valence electrons. The normalized spacial score (nSPS) is 13.8. The predicted molar refractivity (Wildman–Crippen MR) is 114 cm³/mol. The number of nitrogens with zero attached hydrogens (tertiary/aromatic N) is 5. The number of nitriles is 2. The summed E-state index contributed by atoms with van der Waals surface area (Å²) in [7, 11) is 0. The Labute approximate surface area is 182 Å². The van der Waals surface area contributed by atoms with Crippen LogP contribution in [0.15, 0.2) is 18.2 Å². The molecule has 0 saturated carbocycles. The number of likely N-dealkylation sites (tertiary alicyclic amines) is 1. The molecule has 3 rings (SSSR count). The molecule has 1 fully saturated rings. The van der Waals surface area contributed by atoms with Gasteiger partial charge in [0.05, 0.1) is 35.0 Å². The number of carbonyl (C=O) groups is 1. The molecule has 8 nitrogen and oxygen atoms in total. The number of hydrogen-bond donors (Lipinski definition) is 0. The average Bonchev–Trinajstić information content (AvgIpc) is 3.01. The van der Waals surface area contributed by atoms with Gasteiger partial charge in [0.2, 0.25) is 0 Å². The van der Waals surface area contributed by atoms with E-state index in [2.05, 4.69) is 12.1 Å². The molecule has 2 aromatic rings. The maximum Gasteiger partial charge on any atom is 0.410 e. The van der Waals surface area contributed by atoms with Gasteiger partial charge >= 0.3 is 6.09 Å². The van der Waals surface area contributed by atoms with E-state index in [1.54, 1.807) is 17.0 Å². The SMILES string of the molecule is CCc1nn(C2CN(C(=O)OC(C)(C)C)C2)c(CC)c1Oc1cc(C#N)cc(C#N)c1.